The first kappa shape index (κ1) is 29.2. The second-order valence-corrected chi connectivity index (χ2v) is 14.8. The van der Waals surface area contributed by atoms with Crippen LogP contribution in [0.3, 0.4) is 0 Å². The molecule has 0 spiro atoms. The Kier molecular flexibility index (Phi) is 7.00. The number of thiazole rings is 1. The lowest BCUT2D eigenvalue weighted by atomic mass is 9.88. The molecule has 1 atom stereocenters. The van der Waals surface area contributed by atoms with Crippen LogP contribution in [0, 0.1) is 0 Å². The third-order valence-corrected chi connectivity index (χ3v) is 11.9. The summed E-state index contributed by atoms with van der Waals surface area (Å²) >= 11 is 3.58. The number of rotatable bonds is 6. The average Bonchev–Trinajstić information content (AvgIpc) is 3.91. The summed E-state index contributed by atoms with van der Waals surface area (Å²) in [6.07, 6.45) is 7.92. The van der Waals surface area contributed by atoms with Crippen LogP contribution in [0.4, 0.5) is 11.4 Å². The highest BCUT2D eigenvalue weighted by Crippen LogP contribution is 2.41. The minimum absolute atomic E-state index is 0.252. The summed E-state index contributed by atoms with van der Waals surface area (Å²) < 4.78 is 8.74. The van der Waals surface area contributed by atoms with Crippen LogP contribution >= 0.6 is 22.7 Å². The topological polar surface area (TPSA) is 29.3 Å². The van der Waals surface area contributed by atoms with Gasteiger partial charge in [0.2, 0.25) is 0 Å². The van der Waals surface area contributed by atoms with Crippen molar-refractivity contribution in [1.29, 1.82) is 0 Å². The van der Waals surface area contributed by atoms with Gasteiger partial charge in [-0.15, -0.1) is 22.7 Å². The zero-order valence-electron chi connectivity index (χ0n) is 27.0. The number of thiophene rings is 1. The fourth-order valence-electron chi connectivity index (χ4n) is 7.21. The van der Waals surface area contributed by atoms with Gasteiger partial charge in [0.1, 0.15) is 16.2 Å². The summed E-state index contributed by atoms with van der Waals surface area (Å²) in [5, 5.41) is 4.72. The van der Waals surface area contributed by atoms with Crippen LogP contribution in [0.1, 0.15) is 17.9 Å². The Morgan fingerprint density at radius 2 is 1.36 bits per heavy atom. The SMILES string of the molecule is C1=CC(c2cccc3oc4ccccc4c23)CC=C1N(c1ccc(-c2cc3ccccc3s2)cc1)c1ccc(-c2nc3ccccc3s2)cc1. The largest absolute Gasteiger partial charge is 0.456 e. The first-order chi connectivity index (χ1) is 24.7. The molecule has 1 aliphatic carbocycles. The molecule has 0 saturated heterocycles. The van der Waals surface area contributed by atoms with E-state index in [0.29, 0.717) is 0 Å². The van der Waals surface area contributed by atoms with Crippen molar-refractivity contribution >= 4 is 76.3 Å². The minimum atomic E-state index is 0.252. The summed E-state index contributed by atoms with van der Waals surface area (Å²) in [6.45, 7) is 0. The molecule has 238 valence electrons. The molecule has 3 aromatic heterocycles. The molecule has 50 heavy (non-hydrogen) atoms. The summed E-state index contributed by atoms with van der Waals surface area (Å²) in [4.78, 5) is 8.56. The molecule has 6 aromatic carbocycles. The molecular weight excluding hydrogens is 649 g/mol. The fourth-order valence-corrected chi connectivity index (χ4v) is 9.25. The predicted octanol–water partition coefficient (Wildman–Crippen LogP) is 13.5. The van der Waals surface area contributed by atoms with Gasteiger partial charge in [-0.3, -0.25) is 0 Å². The lowest BCUT2D eigenvalue weighted by Gasteiger charge is -2.29. The van der Waals surface area contributed by atoms with Crippen molar-refractivity contribution in [3.63, 3.8) is 0 Å². The minimum Gasteiger partial charge on any atom is -0.456 e. The number of hydrogen-bond acceptors (Lipinski definition) is 5. The standard InChI is InChI=1S/C45H30N2OS2/c1-5-14-41-32(8-1)28-43(49-41)30-18-24-34(25-19-30)47(35-26-20-31(21-27-35)45-46-38-11-3-6-15-42(38)50-45)33-22-16-29(17-23-33)36-10-7-13-40-44(36)37-9-2-4-12-39(37)48-40/h1-16,18-29H,17H2. The quantitative estimate of drug-likeness (QED) is 0.175. The monoisotopic (exact) mass is 678 g/mol. The molecule has 0 saturated carbocycles. The number of benzene rings is 6. The van der Waals surface area contributed by atoms with Gasteiger partial charge in [-0.2, -0.15) is 0 Å². The van der Waals surface area contributed by atoms with E-state index in [1.54, 1.807) is 11.3 Å². The van der Waals surface area contributed by atoms with Crippen LogP contribution < -0.4 is 4.90 Å². The van der Waals surface area contributed by atoms with E-state index in [0.717, 1.165) is 50.7 Å². The van der Waals surface area contributed by atoms with Crippen molar-refractivity contribution in [2.75, 3.05) is 4.90 Å². The second-order valence-electron chi connectivity index (χ2n) is 12.7. The van der Waals surface area contributed by atoms with Crippen molar-refractivity contribution in [2.45, 2.75) is 12.3 Å². The Morgan fingerprint density at radius 3 is 2.14 bits per heavy atom. The molecule has 9 aromatic rings. The molecule has 0 radical (unpaired) electrons. The first-order valence-corrected chi connectivity index (χ1v) is 18.5. The Bertz CT molecular complexity index is 2560. The van der Waals surface area contributed by atoms with E-state index < -0.39 is 0 Å². The van der Waals surface area contributed by atoms with E-state index in [-0.39, 0.29) is 5.92 Å². The van der Waals surface area contributed by atoms with Gasteiger partial charge in [-0.1, -0.05) is 84.9 Å². The van der Waals surface area contributed by atoms with E-state index in [4.69, 9.17) is 9.40 Å². The van der Waals surface area contributed by atoms with Crippen molar-refractivity contribution in [3.8, 4) is 21.0 Å². The van der Waals surface area contributed by atoms with E-state index in [1.807, 2.05) is 23.5 Å². The molecule has 1 aliphatic rings. The van der Waals surface area contributed by atoms with Gasteiger partial charge in [0.15, 0.2) is 0 Å². The van der Waals surface area contributed by atoms with Gasteiger partial charge >= 0.3 is 0 Å². The summed E-state index contributed by atoms with van der Waals surface area (Å²) in [5.41, 5.74) is 9.99. The van der Waals surface area contributed by atoms with Crippen LogP contribution in [0.5, 0.6) is 0 Å². The average molecular weight is 679 g/mol. The lowest BCUT2D eigenvalue weighted by molar-refractivity contribution is 0.668. The number of para-hydroxylation sites is 2. The number of aromatic nitrogens is 1. The second kappa shape index (κ2) is 12.0. The van der Waals surface area contributed by atoms with E-state index in [9.17, 15) is 0 Å². The van der Waals surface area contributed by atoms with Gasteiger partial charge < -0.3 is 9.32 Å². The van der Waals surface area contributed by atoms with Crippen molar-refractivity contribution < 1.29 is 4.42 Å². The zero-order valence-corrected chi connectivity index (χ0v) is 28.6. The third kappa shape index (κ3) is 5.06. The van der Waals surface area contributed by atoms with Gasteiger partial charge in [0.25, 0.3) is 0 Å². The van der Waals surface area contributed by atoms with Crippen LogP contribution in [0.25, 0.3) is 63.3 Å². The molecule has 3 nitrogen and oxygen atoms in total. The molecule has 0 N–H and O–H groups in total. The number of hydrogen-bond donors (Lipinski definition) is 0. The number of allylic oxidation sites excluding steroid dienone is 3. The third-order valence-electron chi connectivity index (χ3n) is 9.67. The lowest BCUT2D eigenvalue weighted by Crippen LogP contribution is -2.17. The summed E-state index contributed by atoms with van der Waals surface area (Å²) in [7, 11) is 0. The normalized spacial score (nSPS) is 14.6. The molecule has 0 aliphatic heterocycles. The molecule has 0 fully saturated rings. The number of furan rings is 1. The molecule has 3 heterocycles. The van der Waals surface area contributed by atoms with Crippen LogP contribution in [-0.4, -0.2) is 4.98 Å². The first-order valence-electron chi connectivity index (χ1n) is 16.9. The Labute approximate surface area is 297 Å². The van der Waals surface area contributed by atoms with E-state index >= 15 is 0 Å². The van der Waals surface area contributed by atoms with Gasteiger partial charge in [0, 0.05) is 48.9 Å². The molecule has 0 bridgehead atoms. The molecule has 0 amide bonds. The Hall–Kier alpha value is -5.75. The Morgan fingerprint density at radius 1 is 0.640 bits per heavy atom. The predicted molar refractivity (Wildman–Crippen MR) is 213 cm³/mol. The van der Waals surface area contributed by atoms with E-state index in [2.05, 4.69) is 157 Å². The van der Waals surface area contributed by atoms with Crippen LogP contribution in [0.2, 0.25) is 0 Å². The number of fused-ring (bicyclic) bond motifs is 5. The highest BCUT2D eigenvalue weighted by atomic mass is 32.1. The van der Waals surface area contributed by atoms with E-state index in [1.165, 1.54) is 41.6 Å². The molecule has 1 unspecified atom stereocenters. The van der Waals surface area contributed by atoms with Crippen LogP contribution in [-0.2, 0) is 0 Å². The molecular formula is C45H30N2OS2. The maximum atomic E-state index is 6.23. The number of nitrogens with zero attached hydrogens (tertiary/aromatic N) is 2. The van der Waals surface area contributed by atoms with Crippen LogP contribution in [0.15, 0.2) is 174 Å². The highest BCUT2D eigenvalue weighted by Gasteiger charge is 2.22. The van der Waals surface area contributed by atoms with Gasteiger partial charge in [-0.05, 0) is 102 Å². The summed E-state index contributed by atoms with van der Waals surface area (Å²) in [6, 6.07) is 51.9. The van der Waals surface area contributed by atoms with Crippen molar-refractivity contribution in [3.05, 3.63) is 175 Å². The zero-order chi connectivity index (χ0) is 33.0. The van der Waals surface area contributed by atoms with Crippen molar-refractivity contribution in [1.82, 2.24) is 4.98 Å². The van der Waals surface area contributed by atoms with Gasteiger partial charge in [-0.25, -0.2) is 4.98 Å². The maximum Gasteiger partial charge on any atom is 0.135 e. The fraction of sp³-hybridized carbons (Fsp3) is 0.0444. The van der Waals surface area contributed by atoms with Gasteiger partial charge in [0.05, 0.1) is 10.2 Å². The number of anilines is 2. The highest BCUT2D eigenvalue weighted by molar-refractivity contribution is 7.22. The molecule has 5 heteroatoms. The summed E-state index contributed by atoms with van der Waals surface area (Å²) in [5.74, 6) is 0.252. The Balaban J connectivity index is 1.01. The van der Waals surface area contributed by atoms with Crippen molar-refractivity contribution in [2.24, 2.45) is 0 Å². The maximum absolute atomic E-state index is 6.23. The molecule has 10 rings (SSSR count). The smallest absolute Gasteiger partial charge is 0.135 e.